The molecule has 162 valence electrons. The largest absolute Gasteiger partial charge is 0.324 e. The van der Waals surface area contributed by atoms with Crippen molar-refractivity contribution < 1.29 is 0 Å². The molecule has 2 heterocycles. The number of anilines is 4. The maximum absolute atomic E-state index is 4.90. The first-order valence-corrected chi connectivity index (χ1v) is 10.8. The van der Waals surface area contributed by atoms with Gasteiger partial charge in [-0.25, -0.2) is 4.98 Å². The lowest BCUT2D eigenvalue weighted by atomic mass is 10.0. The molecule has 0 aliphatic heterocycles. The second kappa shape index (κ2) is 9.18. The van der Waals surface area contributed by atoms with Gasteiger partial charge in [-0.15, -0.1) is 0 Å². The minimum absolute atomic E-state index is 0.146. The molecule has 0 aliphatic rings. The number of aryl methyl sites for hydroxylation is 1. The highest BCUT2D eigenvalue weighted by Gasteiger charge is 2.26. The second-order valence-electron chi connectivity index (χ2n) is 8.90. The molecule has 0 amide bonds. The molecule has 0 bridgehead atoms. The molecule has 0 saturated carbocycles. The lowest BCUT2D eigenvalue weighted by Gasteiger charge is -2.37. The maximum atomic E-state index is 4.90. The first kappa shape index (κ1) is 21.5. The molecular weight excluding hydrogens is 394 g/mol. The fraction of sp³-hybridized carbons (Fsp3) is 0.222. The van der Waals surface area contributed by atoms with E-state index in [1.807, 2.05) is 36.8 Å². The normalized spacial score (nSPS) is 11.2. The number of nitrogens with zero attached hydrogens (tertiary/aromatic N) is 4. The Balaban J connectivity index is 1.57. The van der Waals surface area contributed by atoms with E-state index in [9.17, 15) is 0 Å². The summed E-state index contributed by atoms with van der Waals surface area (Å²) in [5.41, 5.74) is 5.44. The van der Waals surface area contributed by atoms with Gasteiger partial charge in [-0.2, -0.15) is 4.98 Å². The fourth-order valence-corrected chi connectivity index (χ4v) is 3.70. The SMILES string of the molecule is Cc1cnc(Nc2ccc(Cc3ccncc3)cc2)nc1N(c1ccccc1)C(C)(C)C. The minimum Gasteiger partial charge on any atom is -0.324 e. The van der Waals surface area contributed by atoms with Crippen LogP contribution >= 0.6 is 0 Å². The first-order chi connectivity index (χ1) is 15.4. The summed E-state index contributed by atoms with van der Waals surface area (Å²) >= 11 is 0. The van der Waals surface area contributed by atoms with Gasteiger partial charge >= 0.3 is 0 Å². The zero-order chi connectivity index (χ0) is 22.6. The molecule has 0 radical (unpaired) electrons. The van der Waals surface area contributed by atoms with E-state index in [4.69, 9.17) is 4.98 Å². The van der Waals surface area contributed by atoms with E-state index in [2.05, 4.69) is 96.4 Å². The molecule has 0 atom stereocenters. The number of pyridine rings is 1. The van der Waals surface area contributed by atoms with Crippen molar-refractivity contribution in [1.29, 1.82) is 0 Å². The van der Waals surface area contributed by atoms with Gasteiger partial charge in [0.1, 0.15) is 5.82 Å². The summed E-state index contributed by atoms with van der Waals surface area (Å²) in [6.07, 6.45) is 6.41. The average molecular weight is 424 g/mol. The molecule has 5 heteroatoms. The van der Waals surface area contributed by atoms with Gasteiger partial charge in [0.2, 0.25) is 5.95 Å². The van der Waals surface area contributed by atoms with Crippen LogP contribution in [0.3, 0.4) is 0 Å². The average Bonchev–Trinajstić information content (AvgIpc) is 2.78. The topological polar surface area (TPSA) is 53.9 Å². The predicted molar refractivity (Wildman–Crippen MR) is 132 cm³/mol. The third-order valence-electron chi connectivity index (χ3n) is 5.21. The van der Waals surface area contributed by atoms with Crippen molar-refractivity contribution in [1.82, 2.24) is 15.0 Å². The van der Waals surface area contributed by atoms with Crippen molar-refractivity contribution in [3.63, 3.8) is 0 Å². The summed E-state index contributed by atoms with van der Waals surface area (Å²) in [7, 11) is 0. The van der Waals surface area contributed by atoms with Crippen LogP contribution in [0.5, 0.6) is 0 Å². The Labute approximate surface area is 190 Å². The third kappa shape index (κ3) is 5.11. The molecule has 0 aliphatic carbocycles. The summed E-state index contributed by atoms with van der Waals surface area (Å²) in [6.45, 7) is 8.62. The monoisotopic (exact) mass is 423 g/mol. The molecule has 0 spiro atoms. The van der Waals surface area contributed by atoms with Crippen molar-refractivity contribution in [3.8, 4) is 0 Å². The Bertz CT molecular complexity index is 1150. The molecular formula is C27H29N5. The molecule has 2 aromatic carbocycles. The van der Waals surface area contributed by atoms with Crippen LogP contribution in [0.1, 0.15) is 37.5 Å². The summed E-state index contributed by atoms with van der Waals surface area (Å²) < 4.78 is 0. The Morgan fingerprint density at radius 1 is 0.844 bits per heavy atom. The number of benzene rings is 2. The van der Waals surface area contributed by atoms with Gasteiger partial charge in [-0.05, 0) is 81.6 Å². The van der Waals surface area contributed by atoms with Gasteiger partial charge in [-0.1, -0.05) is 30.3 Å². The van der Waals surface area contributed by atoms with Crippen LogP contribution in [-0.2, 0) is 6.42 Å². The molecule has 0 saturated heterocycles. The molecule has 0 fully saturated rings. The van der Waals surface area contributed by atoms with Crippen molar-refractivity contribution in [3.05, 3.63) is 102 Å². The molecule has 1 N–H and O–H groups in total. The standard InChI is InChI=1S/C27H29N5/c1-20-19-29-26(31-25(20)32(27(2,3)4)24-8-6-5-7-9-24)30-23-12-10-21(11-13-23)18-22-14-16-28-17-15-22/h5-17,19H,18H2,1-4H3,(H,29,30,31). The van der Waals surface area contributed by atoms with E-state index in [1.54, 1.807) is 0 Å². The Morgan fingerprint density at radius 2 is 1.50 bits per heavy atom. The highest BCUT2D eigenvalue weighted by Crippen LogP contribution is 2.34. The Kier molecular flexibility index (Phi) is 6.17. The summed E-state index contributed by atoms with van der Waals surface area (Å²) in [5.74, 6) is 1.48. The van der Waals surface area contributed by atoms with Crippen LogP contribution in [0, 0.1) is 6.92 Å². The van der Waals surface area contributed by atoms with Gasteiger partial charge in [0.05, 0.1) is 0 Å². The highest BCUT2D eigenvalue weighted by molar-refractivity contribution is 5.66. The number of hydrogen-bond donors (Lipinski definition) is 1. The number of hydrogen-bond acceptors (Lipinski definition) is 5. The summed E-state index contributed by atoms with van der Waals surface area (Å²) in [6, 6.07) is 22.8. The van der Waals surface area contributed by atoms with Crippen molar-refractivity contribution in [2.45, 2.75) is 39.7 Å². The first-order valence-electron chi connectivity index (χ1n) is 10.8. The maximum Gasteiger partial charge on any atom is 0.229 e. The van der Waals surface area contributed by atoms with Gasteiger partial charge in [0.15, 0.2) is 0 Å². The zero-order valence-electron chi connectivity index (χ0n) is 19.1. The molecule has 32 heavy (non-hydrogen) atoms. The van der Waals surface area contributed by atoms with Gasteiger partial charge in [0, 0.05) is 41.1 Å². The minimum atomic E-state index is -0.146. The van der Waals surface area contributed by atoms with E-state index in [0.717, 1.165) is 29.2 Å². The van der Waals surface area contributed by atoms with Gasteiger partial charge < -0.3 is 10.2 Å². The lowest BCUT2D eigenvalue weighted by Crippen LogP contribution is -2.38. The van der Waals surface area contributed by atoms with Crippen LogP contribution in [0.4, 0.5) is 23.1 Å². The number of aromatic nitrogens is 3. The van der Waals surface area contributed by atoms with E-state index < -0.39 is 0 Å². The molecule has 2 aromatic heterocycles. The summed E-state index contributed by atoms with van der Waals surface area (Å²) in [4.78, 5) is 15.8. The van der Waals surface area contributed by atoms with Crippen LogP contribution in [0.15, 0.2) is 85.3 Å². The molecule has 4 rings (SSSR count). The predicted octanol–water partition coefficient (Wildman–Crippen LogP) is 6.45. The number of para-hydroxylation sites is 1. The zero-order valence-corrected chi connectivity index (χ0v) is 19.1. The van der Waals surface area contributed by atoms with Crippen molar-refractivity contribution in [2.24, 2.45) is 0 Å². The summed E-state index contributed by atoms with van der Waals surface area (Å²) in [5, 5.41) is 3.36. The van der Waals surface area contributed by atoms with Crippen LogP contribution < -0.4 is 10.2 Å². The fourth-order valence-electron chi connectivity index (χ4n) is 3.70. The number of rotatable bonds is 6. The molecule has 5 nitrogen and oxygen atoms in total. The second-order valence-corrected chi connectivity index (χ2v) is 8.90. The van der Waals surface area contributed by atoms with Gasteiger partial charge in [0.25, 0.3) is 0 Å². The lowest BCUT2D eigenvalue weighted by molar-refractivity contribution is 0.554. The smallest absolute Gasteiger partial charge is 0.229 e. The number of nitrogens with one attached hydrogen (secondary N) is 1. The molecule has 4 aromatic rings. The van der Waals surface area contributed by atoms with Crippen LogP contribution in [0.2, 0.25) is 0 Å². The van der Waals surface area contributed by atoms with Crippen LogP contribution in [0.25, 0.3) is 0 Å². The van der Waals surface area contributed by atoms with Gasteiger partial charge in [-0.3, -0.25) is 4.98 Å². The quantitative estimate of drug-likeness (QED) is 0.386. The van der Waals surface area contributed by atoms with E-state index >= 15 is 0 Å². The molecule has 0 unspecified atom stereocenters. The van der Waals surface area contributed by atoms with E-state index in [1.165, 1.54) is 11.1 Å². The van der Waals surface area contributed by atoms with Crippen LogP contribution in [-0.4, -0.2) is 20.5 Å². The van der Waals surface area contributed by atoms with E-state index in [-0.39, 0.29) is 5.54 Å². The van der Waals surface area contributed by atoms with Crippen molar-refractivity contribution in [2.75, 3.05) is 10.2 Å². The third-order valence-corrected chi connectivity index (χ3v) is 5.21. The highest BCUT2D eigenvalue weighted by atomic mass is 15.3. The Morgan fingerprint density at radius 3 is 2.16 bits per heavy atom. The van der Waals surface area contributed by atoms with Crippen molar-refractivity contribution >= 4 is 23.1 Å². The Hall–Kier alpha value is -3.73. The van der Waals surface area contributed by atoms with E-state index in [0.29, 0.717) is 5.95 Å².